The first kappa shape index (κ1) is 9.51. The maximum Gasteiger partial charge on any atom is 0.414 e. The van der Waals surface area contributed by atoms with Gasteiger partial charge in [-0.1, -0.05) is 16.7 Å². The maximum atomic E-state index is 5.80. The number of methoxy groups -OCH3 is 1. The highest BCUT2D eigenvalue weighted by atomic mass is 16.6. The number of rotatable bonds is 2. The molecule has 0 spiro atoms. The highest BCUT2D eigenvalue weighted by Gasteiger charge is 2.11. The second-order valence-corrected chi connectivity index (χ2v) is 3.17. The molecule has 0 saturated heterocycles. The van der Waals surface area contributed by atoms with E-state index >= 15 is 0 Å². The van der Waals surface area contributed by atoms with E-state index < -0.39 is 0 Å². The standard InChI is InChI=1S/C10H11N3O2/c1-6-3-4-8(11)7(5-6)9-12-13-10(14-2)15-9/h3-5H,11H2,1-2H3. The molecule has 78 valence electrons. The molecule has 0 radical (unpaired) electrons. The number of hydrogen-bond donors (Lipinski definition) is 1. The quantitative estimate of drug-likeness (QED) is 0.754. The van der Waals surface area contributed by atoms with Crippen LogP contribution in [0.15, 0.2) is 22.6 Å². The van der Waals surface area contributed by atoms with E-state index in [1.807, 2.05) is 19.1 Å². The summed E-state index contributed by atoms with van der Waals surface area (Å²) in [5.74, 6) is 0.369. The zero-order valence-corrected chi connectivity index (χ0v) is 8.52. The molecule has 5 heteroatoms. The normalized spacial score (nSPS) is 10.3. The predicted octanol–water partition coefficient (Wildman–Crippen LogP) is 1.64. The molecule has 0 saturated carbocycles. The molecule has 2 aromatic rings. The van der Waals surface area contributed by atoms with Gasteiger partial charge in [-0.15, -0.1) is 5.10 Å². The zero-order valence-electron chi connectivity index (χ0n) is 8.52. The van der Waals surface area contributed by atoms with Gasteiger partial charge in [0.2, 0.25) is 0 Å². The van der Waals surface area contributed by atoms with E-state index in [2.05, 4.69) is 10.2 Å². The Morgan fingerprint density at radius 2 is 2.13 bits per heavy atom. The first-order valence-corrected chi connectivity index (χ1v) is 4.44. The fraction of sp³-hybridized carbons (Fsp3) is 0.200. The van der Waals surface area contributed by atoms with E-state index in [-0.39, 0.29) is 6.08 Å². The summed E-state index contributed by atoms with van der Waals surface area (Å²) in [7, 11) is 1.47. The summed E-state index contributed by atoms with van der Waals surface area (Å²) in [5.41, 5.74) is 8.21. The minimum atomic E-state index is 0.130. The summed E-state index contributed by atoms with van der Waals surface area (Å²) in [4.78, 5) is 0. The van der Waals surface area contributed by atoms with E-state index in [1.165, 1.54) is 7.11 Å². The van der Waals surface area contributed by atoms with Crippen LogP contribution in [0.2, 0.25) is 0 Å². The summed E-state index contributed by atoms with van der Waals surface area (Å²) in [6, 6.07) is 5.62. The minimum Gasteiger partial charge on any atom is -0.452 e. The second-order valence-electron chi connectivity index (χ2n) is 3.17. The van der Waals surface area contributed by atoms with Crippen LogP contribution in [0.25, 0.3) is 11.5 Å². The number of hydrogen-bond acceptors (Lipinski definition) is 5. The lowest BCUT2D eigenvalue weighted by Gasteiger charge is -2.01. The smallest absolute Gasteiger partial charge is 0.414 e. The number of anilines is 1. The van der Waals surface area contributed by atoms with Crippen molar-refractivity contribution < 1.29 is 9.15 Å². The van der Waals surface area contributed by atoms with Crippen LogP contribution in [-0.2, 0) is 0 Å². The number of benzene rings is 1. The molecule has 2 N–H and O–H groups in total. The average molecular weight is 205 g/mol. The second kappa shape index (κ2) is 3.61. The van der Waals surface area contributed by atoms with Crippen molar-refractivity contribution in [1.29, 1.82) is 0 Å². The lowest BCUT2D eigenvalue weighted by molar-refractivity contribution is 0.293. The van der Waals surface area contributed by atoms with Crippen molar-refractivity contribution in [3.8, 4) is 17.5 Å². The van der Waals surface area contributed by atoms with Gasteiger partial charge in [0, 0.05) is 5.69 Å². The van der Waals surface area contributed by atoms with Gasteiger partial charge in [0.15, 0.2) is 0 Å². The molecule has 0 unspecified atom stereocenters. The van der Waals surface area contributed by atoms with E-state index in [0.29, 0.717) is 11.6 Å². The van der Waals surface area contributed by atoms with Crippen LogP contribution >= 0.6 is 0 Å². The molecule has 1 aromatic heterocycles. The molecule has 0 bridgehead atoms. The molecule has 5 nitrogen and oxygen atoms in total. The number of nitrogen functional groups attached to an aromatic ring is 1. The van der Waals surface area contributed by atoms with Crippen molar-refractivity contribution in [3.63, 3.8) is 0 Å². The third-order valence-electron chi connectivity index (χ3n) is 2.02. The van der Waals surface area contributed by atoms with Gasteiger partial charge in [0.05, 0.1) is 12.7 Å². The highest BCUT2D eigenvalue weighted by molar-refractivity contribution is 5.70. The molecule has 2 rings (SSSR count). The lowest BCUT2D eigenvalue weighted by atomic mass is 10.1. The Bertz CT molecular complexity index is 479. The molecule has 0 aliphatic heterocycles. The largest absolute Gasteiger partial charge is 0.452 e. The molecule has 0 aliphatic rings. The maximum absolute atomic E-state index is 5.80. The summed E-state index contributed by atoms with van der Waals surface area (Å²) >= 11 is 0. The van der Waals surface area contributed by atoms with Crippen molar-refractivity contribution in [2.45, 2.75) is 6.92 Å². The number of ether oxygens (including phenoxy) is 1. The molecular weight excluding hydrogens is 194 g/mol. The molecule has 1 aromatic carbocycles. The van der Waals surface area contributed by atoms with Gasteiger partial charge in [0.25, 0.3) is 5.89 Å². The number of nitrogens with two attached hydrogens (primary N) is 1. The van der Waals surface area contributed by atoms with Crippen LogP contribution in [0.4, 0.5) is 5.69 Å². The topological polar surface area (TPSA) is 74.2 Å². The molecule has 15 heavy (non-hydrogen) atoms. The van der Waals surface area contributed by atoms with Gasteiger partial charge in [-0.3, -0.25) is 0 Å². The Hall–Kier alpha value is -2.04. The first-order chi connectivity index (χ1) is 7.20. The van der Waals surface area contributed by atoms with Gasteiger partial charge < -0.3 is 14.9 Å². The van der Waals surface area contributed by atoms with Crippen LogP contribution in [0.5, 0.6) is 6.08 Å². The van der Waals surface area contributed by atoms with Gasteiger partial charge in [-0.2, -0.15) is 0 Å². The Kier molecular flexibility index (Phi) is 2.29. The van der Waals surface area contributed by atoms with Crippen molar-refractivity contribution in [3.05, 3.63) is 23.8 Å². The van der Waals surface area contributed by atoms with Crippen LogP contribution in [0.1, 0.15) is 5.56 Å². The summed E-state index contributed by atoms with van der Waals surface area (Å²) in [5, 5.41) is 7.52. The van der Waals surface area contributed by atoms with Gasteiger partial charge in [-0.25, -0.2) is 0 Å². The Morgan fingerprint density at radius 1 is 1.33 bits per heavy atom. The van der Waals surface area contributed by atoms with E-state index in [4.69, 9.17) is 14.9 Å². The number of aryl methyl sites for hydroxylation is 1. The number of nitrogens with zero attached hydrogens (tertiary/aromatic N) is 2. The highest BCUT2D eigenvalue weighted by Crippen LogP contribution is 2.27. The number of aromatic nitrogens is 2. The molecule has 0 aliphatic carbocycles. The fourth-order valence-corrected chi connectivity index (χ4v) is 1.26. The van der Waals surface area contributed by atoms with E-state index in [9.17, 15) is 0 Å². The monoisotopic (exact) mass is 205 g/mol. The fourth-order valence-electron chi connectivity index (χ4n) is 1.26. The Labute approximate surface area is 86.9 Å². The molecule has 0 atom stereocenters. The van der Waals surface area contributed by atoms with Gasteiger partial charge in [0.1, 0.15) is 0 Å². The lowest BCUT2D eigenvalue weighted by Crippen LogP contribution is -1.90. The summed E-state index contributed by atoms with van der Waals surface area (Å²) in [6.07, 6.45) is 0.130. The summed E-state index contributed by atoms with van der Waals surface area (Å²) < 4.78 is 10.0. The van der Waals surface area contributed by atoms with E-state index in [1.54, 1.807) is 6.07 Å². The first-order valence-electron chi connectivity index (χ1n) is 4.44. The molecule has 0 fully saturated rings. The average Bonchev–Trinajstić information content (AvgIpc) is 2.70. The molecular formula is C10H11N3O2. The van der Waals surface area contributed by atoms with Gasteiger partial charge in [-0.05, 0) is 19.1 Å². The molecule has 1 heterocycles. The van der Waals surface area contributed by atoms with Crippen LogP contribution in [0, 0.1) is 6.92 Å². The van der Waals surface area contributed by atoms with Crippen molar-refractivity contribution in [1.82, 2.24) is 10.2 Å². The van der Waals surface area contributed by atoms with E-state index in [0.717, 1.165) is 11.1 Å². The van der Waals surface area contributed by atoms with Crippen LogP contribution < -0.4 is 10.5 Å². The SMILES string of the molecule is COc1nnc(-c2cc(C)ccc2N)o1. The zero-order chi connectivity index (χ0) is 10.8. The minimum absolute atomic E-state index is 0.130. The van der Waals surface area contributed by atoms with Gasteiger partial charge >= 0.3 is 6.08 Å². The summed E-state index contributed by atoms with van der Waals surface area (Å²) in [6.45, 7) is 1.97. The van der Waals surface area contributed by atoms with Crippen molar-refractivity contribution >= 4 is 5.69 Å². The third kappa shape index (κ3) is 1.76. The van der Waals surface area contributed by atoms with Crippen molar-refractivity contribution in [2.75, 3.05) is 12.8 Å². The van der Waals surface area contributed by atoms with Crippen LogP contribution in [-0.4, -0.2) is 17.3 Å². The predicted molar refractivity (Wildman–Crippen MR) is 55.4 cm³/mol. The Morgan fingerprint density at radius 3 is 2.80 bits per heavy atom. The van der Waals surface area contributed by atoms with Crippen molar-refractivity contribution in [2.24, 2.45) is 0 Å². The molecule has 0 amide bonds. The van der Waals surface area contributed by atoms with Crippen LogP contribution in [0.3, 0.4) is 0 Å². The third-order valence-corrected chi connectivity index (χ3v) is 2.02. The Balaban J connectivity index is 2.48.